The van der Waals surface area contributed by atoms with E-state index in [4.69, 9.17) is 32.8 Å². The first-order valence-corrected chi connectivity index (χ1v) is 16.4. The molecule has 0 spiro atoms. The minimum Gasteiger partial charge on any atom is -0.508 e. The molecule has 292 valence electrons. The van der Waals surface area contributed by atoms with Crippen molar-refractivity contribution < 1.29 is 94.1 Å². The zero-order valence-electron chi connectivity index (χ0n) is 27.7. The van der Waals surface area contributed by atoms with Crippen LogP contribution in [-0.4, -0.2) is 167 Å². The maximum atomic E-state index is 14.0. The number of hydrogen-bond acceptors (Lipinski definition) is 20. The van der Waals surface area contributed by atoms with Crippen LogP contribution in [0.15, 0.2) is 45.6 Å². The van der Waals surface area contributed by atoms with Crippen molar-refractivity contribution in [2.75, 3.05) is 13.2 Å². The standard InChI is InChI=1S/C33H40O20/c1-10-19(38)23(42)26(45)31(48-10)47-9-17-21(40)25(44)30(53-32-27(46)24(43)20(39)16(8-34)50-32)33(51-17)52-29-22(41)18-14(37)6-13(36)7-15(18)49-28(29)11-2-4-12(35)5-3-11/h2-7,10,16-17,19-21,23-27,30-40,42-46H,8-9H2,1H3/t10-,16+,17+,19+,20+,21+,23-,24-,25-,26-,27+,30+,31+,32-,33-/m0/s1. The summed E-state index contributed by atoms with van der Waals surface area (Å²) in [6.07, 6.45) is -26.1. The lowest BCUT2D eigenvalue weighted by Gasteiger charge is -2.46. The van der Waals surface area contributed by atoms with E-state index in [0.29, 0.717) is 0 Å². The third-order valence-corrected chi connectivity index (χ3v) is 9.30. The molecule has 0 saturated carbocycles. The van der Waals surface area contributed by atoms with Crippen molar-refractivity contribution >= 4 is 11.0 Å². The van der Waals surface area contributed by atoms with Gasteiger partial charge < -0.3 is 94.1 Å². The molecule has 3 saturated heterocycles. The van der Waals surface area contributed by atoms with Gasteiger partial charge >= 0.3 is 0 Å². The third kappa shape index (κ3) is 7.52. The van der Waals surface area contributed by atoms with E-state index in [0.717, 1.165) is 12.1 Å². The summed E-state index contributed by atoms with van der Waals surface area (Å²) in [7, 11) is 0. The van der Waals surface area contributed by atoms with Crippen molar-refractivity contribution in [3.05, 3.63) is 46.6 Å². The highest BCUT2D eigenvalue weighted by atomic mass is 16.8. The normalized spacial score (nSPS) is 37.8. The molecule has 20 nitrogen and oxygen atoms in total. The average Bonchev–Trinajstić information content (AvgIpc) is 3.12. The van der Waals surface area contributed by atoms with Crippen molar-refractivity contribution in [1.82, 2.24) is 0 Å². The highest BCUT2D eigenvalue weighted by Gasteiger charge is 2.52. The Kier molecular flexibility index (Phi) is 11.5. The SMILES string of the molecule is C[C@@H]1O[C@@H](OC[C@H]2O[C@@H](Oc3c(-c4ccc(O)cc4)oc4cc(O)cc(O)c4c3=O)[C@H](O[C@@H]3O[C@H](CO)[C@@H](O)[C@H](O)[C@H]3O)[C@@H](O)[C@@H]2O)[C@@H](O)[C@@H](O)[C@@H]1O. The molecule has 2 aromatic carbocycles. The number of aromatic hydroxyl groups is 3. The fourth-order valence-electron chi connectivity index (χ4n) is 6.25. The Bertz CT molecular complexity index is 1780. The maximum absolute atomic E-state index is 14.0. The Labute approximate surface area is 298 Å². The molecule has 20 heteroatoms. The Balaban J connectivity index is 1.39. The number of phenolic OH excluding ortho intramolecular Hbond substituents is 3. The van der Waals surface area contributed by atoms with Crippen molar-refractivity contribution in [3.8, 4) is 34.3 Å². The van der Waals surface area contributed by atoms with E-state index in [2.05, 4.69) is 0 Å². The monoisotopic (exact) mass is 756 g/mol. The number of rotatable bonds is 9. The van der Waals surface area contributed by atoms with Gasteiger partial charge in [-0.1, -0.05) is 0 Å². The van der Waals surface area contributed by atoms with Gasteiger partial charge in [-0.05, 0) is 31.2 Å². The van der Waals surface area contributed by atoms with Crippen molar-refractivity contribution in [2.45, 2.75) is 99.0 Å². The van der Waals surface area contributed by atoms with Crippen LogP contribution in [0.3, 0.4) is 0 Å². The van der Waals surface area contributed by atoms with Crippen LogP contribution in [0.5, 0.6) is 23.0 Å². The van der Waals surface area contributed by atoms with Crippen LogP contribution in [0.1, 0.15) is 6.92 Å². The summed E-state index contributed by atoms with van der Waals surface area (Å²) in [6, 6.07) is 7.05. The zero-order chi connectivity index (χ0) is 38.5. The predicted octanol–water partition coefficient (Wildman–Crippen LogP) is -3.57. The molecular formula is C33H40O20. The second-order valence-corrected chi connectivity index (χ2v) is 12.9. The van der Waals surface area contributed by atoms with Gasteiger partial charge in [0.1, 0.15) is 89.3 Å². The minimum atomic E-state index is -2.06. The molecule has 1 aromatic heterocycles. The zero-order valence-corrected chi connectivity index (χ0v) is 27.7. The van der Waals surface area contributed by atoms with Gasteiger partial charge in [0.2, 0.25) is 17.5 Å². The number of hydrogen-bond donors (Lipinski definition) is 12. The van der Waals surface area contributed by atoms with Crippen LogP contribution in [0.25, 0.3) is 22.3 Å². The predicted molar refractivity (Wildman–Crippen MR) is 171 cm³/mol. The lowest BCUT2D eigenvalue weighted by molar-refractivity contribution is -0.362. The number of ether oxygens (including phenoxy) is 6. The Hall–Kier alpha value is -3.71. The van der Waals surface area contributed by atoms with E-state index in [1.54, 1.807) is 0 Å². The largest absolute Gasteiger partial charge is 0.508 e. The van der Waals surface area contributed by atoms with Gasteiger partial charge in [0.05, 0.1) is 19.3 Å². The summed E-state index contributed by atoms with van der Waals surface area (Å²) in [5.74, 6) is -2.39. The minimum absolute atomic E-state index is 0.112. The van der Waals surface area contributed by atoms with Gasteiger partial charge in [0.25, 0.3) is 0 Å². The number of phenols is 3. The average molecular weight is 757 g/mol. The molecule has 3 aliphatic rings. The summed E-state index contributed by atoms with van der Waals surface area (Å²) in [4.78, 5) is 14.0. The fourth-order valence-corrected chi connectivity index (χ4v) is 6.25. The van der Waals surface area contributed by atoms with Crippen LogP contribution in [-0.2, 0) is 23.7 Å². The van der Waals surface area contributed by atoms with E-state index < -0.39 is 133 Å². The summed E-state index contributed by atoms with van der Waals surface area (Å²) in [5.41, 5.74) is -1.23. The van der Waals surface area contributed by atoms with Crippen LogP contribution >= 0.6 is 0 Å². The molecule has 3 aliphatic heterocycles. The maximum Gasteiger partial charge on any atom is 0.239 e. The lowest BCUT2D eigenvalue weighted by Crippen LogP contribution is -2.65. The molecule has 0 unspecified atom stereocenters. The van der Waals surface area contributed by atoms with Gasteiger partial charge in [-0.25, -0.2) is 0 Å². The molecule has 3 aromatic rings. The van der Waals surface area contributed by atoms with E-state index in [1.807, 2.05) is 0 Å². The quantitative estimate of drug-likeness (QED) is 0.100. The Morgan fingerprint density at radius 2 is 1.30 bits per heavy atom. The van der Waals surface area contributed by atoms with E-state index >= 15 is 0 Å². The Morgan fingerprint density at radius 3 is 1.98 bits per heavy atom. The van der Waals surface area contributed by atoms with Crippen LogP contribution in [0.4, 0.5) is 0 Å². The fraction of sp³-hybridized carbons (Fsp3) is 0.545. The van der Waals surface area contributed by atoms with Gasteiger partial charge in [0.15, 0.2) is 24.4 Å². The molecule has 0 radical (unpaired) electrons. The van der Waals surface area contributed by atoms with Crippen LogP contribution in [0.2, 0.25) is 0 Å². The highest BCUT2D eigenvalue weighted by Crippen LogP contribution is 2.38. The van der Waals surface area contributed by atoms with Crippen molar-refractivity contribution in [3.63, 3.8) is 0 Å². The van der Waals surface area contributed by atoms with E-state index in [1.165, 1.54) is 31.2 Å². The molecule has 0 amide bonds. The first-order chi connectivity index (χ1) is 25.1. The molecule has 15 atom stereocenters. The molecular weight excluding hydrogens is 716 g/mol. The van der Waals surface area contributed by atoms with Crippen molar-refractivity contribution in [2.24, 2.45) is 0 Å². The molecule has 0 bridgehead atoms. The number of aliphatic hydroxyl groups excluding tert-OH is 9. The highest BCUT2D eigenvalue weighted by molar-refractivity contribution is 5.88. The smallest absolute Gasteiger partial charge is 0.239 e. The van der Waals surface area contributed by atoms with Gasteiger partial charge in [-0.3, -0.25) is 4.79 Å². The summed E-state index contributed by atoms with van der Waals surface area (Å²) < 4.78 is 40.0. The third-order valence-electron chi connectivity index (χ3n) is 9.30. The summed E-state index contributed by atoms with van der Waals surface area (Å²) in [6.45, 7) is -0.140. The number of benzene rings is 2. The molecule has 3 fully saturated rings. The number of fused-ring (bicyclic) bond motifs is 1. The molecule has 53 heavy (non-hydrogen) atoms. The molecule has 4 heterocycles. The first-order valence-electron chi connectivity index (χ1n) is 16.4. The van der Waals surface area contributed by atoms with Gasteiger partial charge in [-0.2, -0.15) is 0 Å². The van der Waals surface area contributed by atoms with E-state index in [-0.39, 0.29) is 22.7 Å². The Morgan fingerprint density at radius 1 is 0.679 bits per heavy atom. The lowest BCUT2D eigenvalue weighted by atomic mass is 9.97. The molecule has 6 rings (SSSR count). The second-order valence-electron chi connectivity index (χ2n) is 12.9. The van der Waals surface area contributed by atoms with Crippen molar-refractivity contribution in [1.29, 1.82) is 0 Å². The van der Waals surface area contributed by atoms with E-state index in [9.17, 15) is 66.1 Å². The van der Waals surface area contributed by atoms with Gasteiger partial charge in [-0.15, -0.1) is 0 Å². The van der Waals surface area contributed by atoms with Crippen LogP contribution in [0, 0.1) is 0 Å². The first kappa shape index (κ1) is 39.0. The topological polar surface area (TPSA) is 328 Å². The van der Waals surface area contributed by atoms with Gasteiger partial charge in [0, 0.05) is 17.7 Å². The number of aliphatic hydroxyl groups is 9. The molecule has 12 N–H and O–H groups in total. The summed E-state index contributed by atoms with van der Waals surface area (Å²) in [5, 5.41) is 124. The molecule has 0 aliphatic carbocycles. The van der Waals surface area contributed by atoms with Crippen LogP contribution < -0.4 is 10.2 Å². The second kappa shape index (κ2) is 15.6. The summed E-state index contributed by atoms with van der Waals surface area (Å²) >= 11 is 0.